The summed E-state index contributed by atoms with van der Waals surface area (Å²) in [6.45, 7) is 0.500. The topological polar surface area (TPSA) is 102 Å². The van der Waals surface area contributed by atoms with Crippen molar-refractivity contribution in [3.05, 3.63) is 39.8 Å². The quantitative estimate of drug-likeness (QED) is 0.415. The monoisotopic (exact) mass is 279 g/mol. The fourth-order valence-corrected chi connectivity index (χ4v) is 2.42. The second kappa shape index (κ2) is 5.63. The molecule has 2 aromatic heterocycles. The first-order chi connectivity index (χ1) is 9.13. The van der Waals surface area contributed by atoms with Crippen molar-refractivity contribution in [1.29, 1.82) is 0 Å². The summed E-state index contributed by atoms with van der Waals surface area (Å²) in [6, 6.07) is 5.17. The molecule has 2 heterocycles. The lowest BCUT2D eigenvalue weighted by Crippen LogP contribution is -2.29. The zero-order chi connectivity index (χ0) is 13.8. The Balaban J connectivity index is 2.09. The first-order valence-electron chi connectivity index (χ1n) is 5.49. The van der Waals surface area contributed by atoms with E-state index in [1.807, 2.05) is 6.07 Å². The van der Waals surface area contributed by atoms with Crippen molar-refractivity contribution in [2.45, 2.75) is 6.54 Å². The number of hydrazine groups is 1. The maximum atomic E-state index is 11.4. The normalized spacial score (nSPS) is 10.2. The molecule has 100 valence electrons. The number of hydrogen-bond acceptors (Lipinski definition) is 5. The number of thiophene rings is 1. The van der Waals surface area contributed by atoms with E-state index in [1.54, 1.807) is 30.1 Å². The molecule has 0 saturated heterocycles. The number of rotatable bonds is 4. The number of carbonyl (C=O) groups is 2. The average Bonchev–Trinajstić information content (AvgIpc) is 3.07. The number of amides is 2. The minimum Gasteiger partial charge on any atom is -0.354 e. The van der Waals surface area contributed by atoms with Crippen molar-refractivity contribution in [2.75, 3.05) is 7.05 Å². The highest BCUT2D eigenvalue weighted by Crippen LogP contribution is 2.17. The summed E-state index contributed by atoms with van der Waals surface area (Å²) in [5, 5.41) is 6.64. The van der Waals surface area contributed by atoms with Gasteiger partial charge in [-0.05, 0) is 18.2 Å². The van der Waals surface area contributed by atoms with Gasteiger partial charge in [0.25, 0.3) is 11.8 Å². The van der Waals surface area contributed by atoms with E-state index in [0.29, 0.717) is 17.1 Å². The zero-order valence-electron chi connectivity index (χ0n) is 10.2. The molecular weight excluding hydrogens is 266 g/mol. The van der Waals surface area contributed by atoms with Crippen LogP contribution in [0.5, 0.6) is 0 Å². The second-order valence-electron chi connectivity index (χ2n) is 3.72. The molecule has 7 nitrogen and oxygen atoms in total. The van der Waals surface area contributed by atoms with Gasteiger partial charge in [-0.1, -0.05) is 0 Å². The van der Waals surface area contributed by atoms with Crippen molar-refractivity contribution in [1.82, 2.24) is 20.5 Å². The molecule has 0 fully saturated rings. The van der Waals surface area contributed by atoms with Crippen LogP contribution < -0.4 is 16.6 Å². The first-order valence-corrected chi connectivity index (χ1v) is 6.31. The Morgan fingerprint density at radius 2 is 2.16 bits per heavy atom. The third kappa shape index (κ3) is 2.98. The van der Waals surface area contributed by atoms with Crippen LogP contribution in [0.15, 0.2) is 24.4 Å². The van der Waals surface area contributed by atoms with Gasteiger partial charge in [0.1, 0.15) is 5.69 Å². The van der Waals surface area contributed by atoms with E-state index >= 15 is 0 Å². The fraction of sp³-hybridized carbons (Fsp3) is 0.182. The van der Waals surface area contributed by atoms with Gasteiger partial charge in [-0.25, -0.2) is 5.84 Å². The Bertz CT molecular complexity index is 552. The number of nitrogen functional groups attached to an aromatic ring is 1. The molecule has 0 aliphatic carbocycles. The van der Waals surface area contributed by atoms with Gasteiger partial charge in [0, 0.05) is 18.1 Å². The number of aromatic nitrogens is 2. The Morgan fingerprint density at radius 1 is 1.37 bits per heavy atom. The number of nitrogens with one attached hydrogen (secondary N) is 2. The Hall–Kier alpha value is -2.19. The largest absolute Gasteiger partial charge is 0.354 e. The van der Waals surface area contributed by atoms with Crippen LogP contribution in [-0.2, 0) is 6.54 Å². The summed E-state index contributed by atoms with van der Waals surface area (Å²) in [5.41, 5.74) is 2.44. The summed E-state index contributed by atoms with van der Waals surface area (Å²) in [7, 11) is 1.55. The standard InChI is InChI=1S/C11H13N5O2S/c1-13-10(17)8-4-5-16(15-8)6-7-2-3-9(19-7)11(18)14-12/h2-5H,6,12H2,1H3,(H,13,17)(H,14,18). The van der Waals surface area contributed by atoms with Crippen LogP contribution in [0.2, 0.25) is 0 Å². The van der Waals surface area contributed by atoms with Crippen LogP contribution >= 0.6 is 11.3 Å². The lowest BCUT2D eigenvalue weighted by atomic mass is 10.4. The molecule has 0 saturated carbocycles. The molecule has 0 aromatic carbocycles. The van der Waals surface area contributed by atoms with Gasteiger partial charge in [0.05, 0.1) is 11.4 Å². The van der Waals surface area contributed by atoms with Crippen molar-refractivity contribution < 1.29 is 9.59 Å². The Morgan fingerprint density at radius 3 is 2.84 bits per heavy atom. The third-order valence-electron chi connectivity index (χ3n) is 2.43. The molecule has 0 bridgehead atoms. The highest BCUT2D eigenvalue weighted by molar-refractivity contribution is 7.14. The molecule has 4 N–H and O–H groups in total. The van der Waals surface area contributed by atoms with Crippen LogP contribution in [0.1, 0.15) is 25.0 Å². The lowest BCUT2D eigenvalue weighted by molar-refractivity contribution is 0.0949. The fourth-order valence-electron chi connectivity index (χ4n) is 1.51. The Labute approximate surface area is 113 Å². The van der Waals surface area contributed by atoms with Crippen molar-refractivity contribution >= 4 is 23.2 Å². The summed E-state index contributed by atoms with van der Waals surface area (Å²) >= 11 is 1.33. The molecule has 8 heteroatoms. The molecule has 0 aliphatic rings. The molecule has 0 aliphatic heterocycles. The molecule has 0 atom stereocenters. The summed E-state index contributed by atoms with van der Waals surface area (Å²) in [6.07, 6.45) is 1.72. The highest BCUT2D eigenvalue weighted by Gasteiger charge is 2.10. The predicted octanol–water partition coefficient (Wildman–Crippen LogP) is -0.0440. The maximum Gasteiger partial charge on any atom is 0.275 e. The summed E-state index contributed by atoms with van der Waals surface area (Å²) in [5.74, 6) is 4.52. The van der Waals surface area contributed by atoms with Gasteiger partial charge in [0.15, 0.2) is 0 Å². The second-order valence-corrected chi connectivity index (χ2v) is 4.89. The first kappa shape index (κ1) is 13.2. The van der Waals surface area contributed by atoms with Crippen LogP contribution in [0.4, 0.5) is 0 Å². The number of hydrogen-bond donors (Lipinski definition) is 3. The summed E-state index contributed by atoms with van der Waals surface area (Å²) in [4.78, 5) is 24.2. The van der Waals surface area contributed by atoms with E-state index in [0.717, 1.165) is 4.88 Å². The van der Waals surface area contributed by atoms with E-state index in [2.05, 4.69) is 15.8 Å². The van der Waals surface area contributed by atoms with Crippen LogP contribution in [0.3, 0.4) is 0 Å². The third-order valence-corrected chi connectivity index (χ3v) is 3.50. The SMILES string of the molecule is CNC(=O)c1ccn(Cc2ccc(C(=O)NN)s2)n1. The molecule has 2 rings (SSSR count). The zero-order valence-corrected chi connectivity index (χ0v) is 11.0. The van der Waals surface area contributed by atoms with Crippen molar-refractivity contribution in [2.24, 2.45) is 5.84 Å². The van der Waals surface area contributed by atoms with E-state index in [1.165, 1.54) is 11.3 Å². The van der Waals surface area contributed by atoms with Crippen LogP contribution in [0, 0.1) is 0 Å². The predicted molar refractivity (Wildman–Crippen MR) is 70.7 cm³/mol. The van der Waals surface area contributed by atoms with Gasteiger partial charge in [-0.15, -0.1) is 11.3 Å². The Kier molecular flexibility index (Phi) is 3.93. The molecule has 2 amide bonds. The van der Waals surface area contributed by atoms with Gasteiger partial charge >= 0.3 is 0 Å². The summed E-state index contributed by atoms with van der Waals surface area (Å²) < 4.78 is 1.64. The molecule has 0 radical (unpaired) electrons. The number of carbonyl (C=O) groups excluding carboxylic acids is 2. The van der Waals surface area contributed by atoms with Gasteiger partial charge in [-0.3, -0.25) is 19.7 Å². The van der Waals surface area contributed by atoms with Crippen LogP contribution in [-0.4, -0.2) is 28.6 Å². The van der Waals surface area contributed by atoms with E-state index in [-0.39, 0.29) is 11.8 Å². The molecule has 2 aromatic rings. The van der Waals surface area contributed by atoms with Gasteiger partial charge in [0.2, 0.25) is 0 Å². The van der Waals surface area contributed by atoms with Gasteiger partial charge < -0.3 is 5.32 Å². The molecule has 0 unspecified atom stereocenters. The lowest BCUT2D eigenvalue weighted by Gasteiger charge is -1.98. The minimum atomic E-state index is -0.317. The molecular formula is C11H13N5O2S. The van der Waals surface area contributed by atoms with Crippen molar-refractivity contribution in [3.63, 3.8) is 0 Å². The molecule has 0 spiro atoms. The van der Waals surface area contributed by atoms with E-state index in [9.17, 15) is 9.59 Å². The minimum absolute atomic E-state index is 0.229. The number of nitrogens with two attached hydrogens (primary N) is 1. The van der Waals surface area contributed by atoms with E-state index in [4.69, 9.17) is 5.84 Å². The van der Waals surface area contributed by atoms with Gasteiger partial charge in [-0.2, -0.15) is 5.10 Å². The van der Waals surface area contributed by atoms with Crippen molar-refractivity contribution in [3.8, 4) is 0 Å². The average molecular weight is 279 g/mol. The highest BCUT2D eigenvalue weighted by atomic mass is 32.1. The van der Waals surface area contributed by atoms with E-state index < -0.39 is 0 Å². The molecule has 19 heavy (non-hydrogen) atoms. The van der Waals surface area contributed by atoms with Crippen LogP contribution in [0.25, 0.3) is 0 Å². The number of nitrogens with zero attached hydrogens (tertiary/aromatic N) is 2. The smallest absolute Gasteiger partial charge is 0.275 e. The maximum absolute atomic E-state index is 11.4.